The number of benzene rings is 3. The van der Waals surface area contributed by atoms with Gasteiger partial charge in [-0.1, -0.05) is 77.8 Å². The lowest BCUT2D eigenvalue weighted by molar-refractivity contribution is -0.140. The Morgan fingerprint density at radius 1 is 1.00 bits per heavy atom. The van der Waals surface area contributed by atoms with Crippen LogP contribution in [-0.4, -0.2) is 37.7 Å². The number of hydrogen-bond acceptors (Lipinski definition) is 5. The van der Waals surface area contributed by atoms with Crippen molar-refractivity contribution in [2.45, 2.75) is 25.4 Å². The number of halogens is 2. The van der Waals surface area contributed by atoms with Gasteiger partial charge >= 0.3 is 11.7 Å². The van der Waals surface area contributed by atoms with E-state index in [1.807, 2.05) is 42.5 Å². The molecule has 0 radical (unpaired) electrons. The van der Waals surface area contributed by atoms with Crippen LogP contribution < -0.4 is 10.7 Å². The van der Waals surface area contributed by atoms with Crippen LogP contribution in [0.25, 0.3) is 0 Å². The van der Waals surface area contributed by atoms with Crippen LogP contribution in [0.2, 0.25) is 10.0 Å². The zero-order valence-electron chi connectivity index (χ0n) is 19.8. The molecule has 1 aromatic heterocycles. The van der Waals surface area contributed by atoms with Crippen molar-refractivity contribution in [1.29, 1.82) is 0 Å². The van der Waals surface area contributed by atoms with Crippen molar-refractivity contribution in [3.63, 3.8) is 0 Å². The number of hydrazone groups is 1. The van der Waals surface area contributed by atoms with Crippen LogP contribution in [0.15, 0.2) is 88.8 Å². The van der Waals surface area contributed by atoms with E-state index in [0.29, 0.717) is 16.6 Å². The van der Waals surface area contributed by atoms with Gasteiger partial charge in [0.2, 0.25) is 5.95 Å². The van der Waals surface area contributed by atoms with Gasteiger partial charge in [0, 0.05) is 16.0 Å². The SMILES string of the molecule is CC(C(=O)O)n1c(N2CC(c3ccccc3)C(c3ccc(Cl)cc3)=N2)nn(Cc2ccc(Cl)cc2)c1=O. The van der Waals surface area contributed by atoms with Gasteiger partial charge in [-0.05, 0) is 47.9 Å². The van der Waals surface area contributed by atoms with Crippen LogP contribution in [0.5, 0.6) is 0 Å². The molecule has 1 aliphatic heterocycles. The predicted octanol–water partition coefficient (Wildman–Crippen LogP) is 5.05. The fourth-order valence-corrected chi connectivity index (χ4v) is 4.61. The Kier molecular flexibility index (Phi) is 6.86. The fraction of sp³-hybridized carbons (Fsp3) is 0.185. The Labute approximate surface area is 223 Å². The van der Waals surface area contributed by atoms with E-state index in [9.17, 15) is 14.7 Å². The fourth-order valence-electron chi connectivity index (χ4n) is 4.35. The second-order valence-electron chi connectivity index (χ2n) is 8.79. The first-order valence-corrected chi connectivity index (χ1v) is 12.4. The van der Waals surface area contributed by atoms with Gasteiger partial charge in [0.1, 0.15) is 6.04 Å². The first-order valence-electron chi connectivity index (χ1n) is 11.7. The molecular weight excluding hydrogens is 513 g/mol. The molecule has 1 N–H and O–H groups in total. The first kappa shape index (κ1) is 24.8. The minimum absolute atomic E-state index is 0.132. The second-order valence-corrected chi connectivity index (χ2v) is 9.66. The lowest BCUT2D eigenvalue weighted by Crippen LogP contribution is -2.32. The third kappa shape index (κ3) is 5.03. The molecule has 2 atom stereocenters. The van der Waals surface area contributed by atoms with E-state index in [1.165, 1.54) is 16.2 Å². The number of carboxylic acid groups (broad SMARTS) is 1. The van der Waals surface area contributed by atoms with Gasteiger partial charge in [-0.15, -0.1) is 5.10 Å². The van der Waals surface area contributed by atoms with Gasteiger partial charge in [0.15, 0.2) is 0 Å². The summed E-state index contributed by atoms with van der Waals surface area (Å²) < 4.78 is 2.43. The van der Waals surface area contributed by atoms with Gasteiger partial charge in [-0.3, -0.25) is 0 Å². The van der Waals surface area contributed by atoms with E-state index in [1.54, 1.807) is 41.4 Å². The molecule has 10 heteroatoms. The van der Waals surface area contributed by atoms with Crippen molar-refractivity contribution in [3.8, 4) is 0 Å². The first-order chi connectivity index (χ1) is 17.8. The molecule has 1 aliphatic rings. The summed E-state index contributed by atoms with van der Waals surface area (Å²) in [6.07, 6.45) is 0. The van der Waals surface area contributed by atoms with Crippen LogP contribution in [0.1, 0.15) is 35.6 Å². The van der Waals surface area contributed by atoms with Crippen molar-refractivity contribution in [1.82, 2.24) is 14.3 Å². The number of aliphatic carboxylic acids is 1. The highest BCUT2D eigenvalue weighted by Crippen LogP contribution is 2.32. The van der Waals surface area contributed by atoms with Crippen LogP contribution in [-0.2, 0) is 11.3 Å². The number of carboxylic acids is 1. The molecule has 2 heterocycles. The summed E-state index contributed by atoms with van der Waals surface area (Å²) in [5.74, 6) is -1.11. The molecule has 0 saturated heterocycles. The summed E-state index contributed by atoms with van der Waals surface area (Å²) >= 11 is 12.1. The minimum Gasteiger partial charge on any atom is -0.480 e. The van der Waals surface area contributed by atoms with Gasteiger partial charge in [0.05, 0.1) is 18.8 Å². The highest BCUT2D eigenvalue weighted by atomic mass is 35.5. The Balaban J connectivity index is 1.60. The summed E-state index contributed by atoms with van der Waals surface area (Å²) in [5, 5.41) is 22.0. The van der Waals surface area contributed by atoms with E-state index in [2.05, 4.69) is 5.10 Å². The molecule has 188 valence electrons. The van der Waals surface area contributed by atoms with Crippen LogP contribution >= 0.6 is 23.2 Å². The monoisotopic (exact) mass is 535 g/mol. The average molecular weight is 536 g/mol. The molecule has 0 spiro atoms. The van der Waals surface area contributed by atoms with Crippen molar-refractivity contribution in [2.24, 2.45) is 5.10 Å². The topological polar surface area (TPSA) is 92.7 Å². The van der Waals surface area contributed by atoms with Crippen LogP contribution in [0.4, 0.5) is 5.95 Å². The van der Waals surface area contributed by atoms with Crippen LogP contribution in [0, 0.1) is 0 Å². The maximum atomic E-state index is 13.4. The molecule has 0 fully saturated rings. The minimum atomic E-state index is -1.15. The number of hydrogen-bond donors (Lipinski definition) is 1. The zero-order chi connectivity index (χ0) is 26.1. The molecular formula is C27H23Cl2N5O3. The van der Waals surface area contributed by atoms with Crippen LogP contribution in [0.3, 0.4) is 0 Å². The molecule has 8 nitrogen and oxygen atoms in total. The summed E-state index contributed by atoms with van der Waals surface area (Å²) in [7, 11) is 0. The molecule has 2 unspecified atom stereocenters. The summed E-state index contributed by atoms with van der Waals surface area (Å²) in [4.78, 5) is 25.3. The van der Waals surface area contributed by atoms with E-state index in [-0.39, 0.29) is 18.4 Å². The quantitative estimate of drug-likeness (QED) is 0.357. The van der Waals surface area contributed by atoms with E-state index >= 15 is 0 Å². The predicted molar refractivity (Wildman–Crippen MR) is 144 cm³/mol. The lowest BCUT2D eigenvalue weighted by atomic mass is 9.91. The molecule has 0 amide bonds. The number of anilines is 1. The van der Waals surface area contributed by atoms with Crippen molar-refractivity contribution in [3.05, 3.63) is 116 Å². The number of rotatable bonds is 7. The highest BCUT2D eigenvalue weighted by molar-refractivity contribution is 6.31. The zero-order valence-corrected chi connectivity index (χ0v) is 21.3. The molecule has 5 rings (SSSR count). The van der Waals surface area contributed by atoms with Gasteiger partial charge in [-0.25, -0.2) is 23.8 Å². The summed E-state index contributed by atoms with van der Waals surface area (Å²) in [6, 6.07) is 23.2. The summed E-state index contributed by atoms with van der Waals surface area (Å²) in [6.45, 7) is 1.99. The van der Waals surface area contributed by atoms with Gasteiger partial charge < -0.3 is 5.11 Å². The maximum Gasteiger partial charge on any atom is 0.348 e. The molecule has 0 bridgehead atoms. The third-order valence-electron chi connectivity index (χ3n) is 6.33. The van der Waals surface area contributed by atoms with E-state index in [4.69, 9.17) is 28.3 Å². The molecule has 37 heavy (non-hydrogen) atoms. The summed E-state index contributed by atoms with van der Waals surface area (Å²) in [5.41, 5.74) is 2.96. The Morgan fingerprint density at radius 2 is 1.62 bits per heavy atom. The number of carbonyl (C=O) groups is 1. The second kappa shape index (κ2) is 10.2. The largest absolute Gasteiger partial charge is 0.480 e. The molecule has 0 saturated carbocycles. The Bertz CT molecular complexity index is 1510. The van der Waals surface area contributed by atoms with Crippen molar-refractivity contribution < 1.29 is 9.90 Å². The smallest absolute Gasteiger partial charge is 0.348 e. The van der Waals surface area contributed by atoms with E-state index < -0.39 is 17.7 Å². The highest BCUT2D eigenvalue weighted by Gasteiger charge is 2.34. The van der Waals surface area contributed by atoms with E-state index in [0.717, 1.165) is 22.4 Å². The van der Waals surface area contributed by atoms with Crippen molar-refractivity contribution in [2.75, 3.05) is 11.6 Å². The van der Waals surface area contributed by atoms with Gasteiger partial charge in [0.25, 0.3) is 0 Å². The Hall–Kier alpha value is -3.88. The average Bonchev–Trinajstić information content (AvgIpc) is 3.48. The van der Waals surface area contributed by atoms with Gasteiger partial charge in [-0.2, -0.15) is 5.10 Å². The lowest BCUT2D eigenvalue weighted by Gasteiger charge is -2.17. The number of nitrogens with zero attached hydrogens (tertiary/aromatic N) is 5. The molecule has 3 aromatic carbocycles. The van der Waals surface area contributed by atoms with Crippen molar-refractivity contribution >= 4 is 40.8 Å². The molecule has 0 aliphatic carbocycles. The molecule has 4 aromatic rings. The third-order valence-corrected chi connectivity index (χ3v) is 6.83. The number of aromatic nitrogens is 3. The Morgan fingerprint density at radius 3 is 2.24 bits per heavy atom. The normalized spacial score (nSPS) is 16.0. The maximum absolute atomic E-state index is 13.4. The standard InChI is InChI=1S/C27H23Cl2N5O3/c1-17(25(35)36)34-26(31-33(27(34)37)15-18-7-11-21(28)12-8-18)32-16-23(19-5-3-2-4-6-19)24(30-32)20-9-13-22(29)14-10-20/h2-14,17,23H,15-16H2,1H3,(H,35,36).